The molecule has 2 aromatic heterocycles. The minimum Gasteiger partial charge on any atom is -0.255 e. The Morgan fingerprint density at radius 1 is 0.407 bits per heavy atom. The van der Waals surface area contributed by atoms with Crippen LogP contribution in [0.5, 0.6) is 0 Å². The van der Waals surface area contributed by atoms with Crippen molar-refractivity contribution in [3.05, 3.63) is 181 Å². The monoisotopic (exact) mass is 698 g/mol. The molecule has 0 aliphatic heterocycles. The van der Waals surface area contributed by atoms with Gasteiger partial charge in [-0.05, 0) is 80.6 Å². The second kappa shape index (κ2) is 14.8. The van der Waals surface area contributed by atoms with Crippen LogP contribution < -0.4 is 0 Å². The first-order chi connectivity index (χ1) is 26.3. The zero-order valence-corrected chi connectivity index (χ0v) is 31.2. The second-order valence-electron chi connectivity index (χ2n) is 14.7. The summed E-state index contributed by atoms with van der Waals surface area (Å²) in [6.45, 7) is 9.02. The molecule has 0 unspecified atom stereocenters. The molecule has 262 valence electrons. The molecule has 2 heterocycles. The summed E-state index contributed by atoms with van der Waals surface area (Å²) >= 11 is 0. The maximum absolute atomic E-state index is 5.06. The third kappa shape index (κ3) is 7.37. The van der Waals surface area contributed by atoms with E-state index in [2.05, 4.69) is 179 Å². The van der Waals surface area contributed by atoms with E-state index in [1.807, 2.05) is 18.3 Å². The first-order valence-electron chi connectivity index (χ1n) is 18.6. The number of hydrogen-bond donors (Lipinski definition) is 0. The molecule has 0 radical (unpaired) electrons. The van der Waals surface area contributed by atoms with Gasteiger partial charge >= 0.3 is 0 Å². The Kier molecular flexibility index (Phi) is 9.50. The van der Waals surface area contributed by atoms with Crippen LogP contribution in [-0.2, 0) is 11.8 Å². The van der Waals surface area contributed by atoms with E-state index in [-0.39, 0.29) is 5.41 Å². The van der Waals surface area contributed by atoms with Gasteiger partial charge < -0.3 is 0 Å². The first-order valence-corrected chi connectivity index (χ1v) is 18.6. The van der Waals surface area contributed by atoms with Gasteiger partial charge in [-0.1, -0.05) is 167 Å². The van der Waals surface area contributed by atoms with E-state index in [1.54, 1.807) is 0 Å². The third-order valence-corrected chi connectivity index (χ3v) is 9.96. The van der Waals surface area contributed by atoms with Crippen molar-refractivity contribution in [3.8, 4) is 78.8 Å². The fourth-order valence-electron chi connectivity index (χ4n) is 6.84. The average molecular weight is 699 g/mol. The standard InChI is InChI=1S/C50H42N4/c1-5-34-26-28-44(50(2,3)4)32-45(34)37-22-24-38(25-23-37)46-29-27-43(33-51-46)49-53-47(41-20-12-18-39(30-41)35-14-8-6-9-15-35)52-48(54-49)42-21-13-19-40(31-42)36-16-10-7-11-17-36/h6-33H,5H2,1-4H3. The van der Waals surface area contributed by atoms with Gasteiger partial charge in [-0.25, -0.2) is 15.0 Å². The van der Waals surface area contributed by atoms with Gasteiger partial charge in [0.25, 0.3) is 0 Å². The first kappa shape index (κ1) is 34.6. The highest BCUT2D eigenvalue weighted by Gasteiger charge is 2.17. The van der Waals surface area contributed by atoms with Crippen molar-refractivity contribution in [2.75, 3.05) is 0 Å². The Hall–Kier alpha value is -6.52. The molecular weight excluding hydrogens is 657 g/mol. The van der Waals surface area contributed by atoms with Crippen molar-refractivity contribution in [1.29, 1.82) is 0 Å². The predicted octanol–water partition coefficient (Wildman–Crippen LogP) is 12.8. The summed E-state index contributed by atoms with van der Waals surface area (Å²) in [7, 11) is 0. The fraction of sp³-hybridized carbons (Fsp3) is 0.120. The summed E-state index contributed by atoms with van der Waals surface area (Å²) in [6.07, 6.45) is 2.86. The molecule has 0 bridgehead atoms. The molecule has 0 spiro atoms. The molecule has 6 aromatic carbocycles. The van der Waals surface area contributed by atoms with Gasteiger partial charge in [-0.2, -0.15) is 0 Å². The van der Waals surface area contributed by atoms with Crippen LogP contribution in [0.25, 0.3) is 78.8 Å². The number of hydrogen-bond acceptors (Lipinski definition) is 4. The van der Waals surface area contributed by atoms with E-state index in [0.29, 0.717) is 17.5 Å². The molecule has 4 heteroatoms. The molecule has 0 aliphatic rings. The SMILES string of the molecule is CCc1ccc(C(C)(C)C)cc1-c1ccc(-c2ccc(-c3nc(-c4cccc(-c5ccccc5)c4)nc(-c4cccc(-c5ccccc5)c4)n3)cn2)cc1. The predicted molar refractivity (Wildman–Crippen MR) is 224 cm³/mol. The lowest BCUT2D eigenvalue weighted by Crippen LogP contribution is -2.11. The minimum absolute atomic E-state index is 0.0884. The van der Waals surface area contributed by atoms with E-state index in [1.165, 1.54) is 22.3 Å². The highest BCUT2D eigenvalue weighted by molar-refractivity contribution is 5.76. The van der Waals surface area contributed by atoms with E-state index in [9.17, 15) is 0 Å². The molecule has 0 saturated heterocycles. The fourth-order valence-corrected chi connectivity index (χ4v) is 6.84. The van der Waals surface area contributed by atoms with Crippen molar-refractivity contribution in [3.63, 3.8) is 0 Å². The number of rotatable bonds is 8. The van der Waals surface area contributed by atoms with Gasteiger partial charge in [-0.3, -0.25) is 4.98 Å². The number of aromatic nitrogens is 4. The summed E-state index contributed by atoms with van der Waals surface area (Å²) in [5, 5.41) is 0. The Balaban J connectivity index is 1.16. The number of aryl methyl sites for hydroxylation is 1. The topological polar surface area (TPSA) is 51.6 Å². The Morgan fingerprint density at radius 3 is 1.39 bits per heavy atom. The molecule has 0 amide bonds. The van der Waals surface area contributed by atoms with Crippen LogP contribution in [-0.4, -0.2) is 19.9 Å². The van der Waals surface area contributed by atoms with Crippen LogP contribution in [0.1, 0.15) is 38.8 Å². The van der Waals surface area contributed by atoms with Gasteiger partial charge in [0.2, 0.25) is 0 Å². The van der Waals surface area contributed by atoms with E-state index in [4.69, 9.17) is 19.9 Å². The molecule has 0 saturated carbocycles. The van der Waals surface area contributed by atoms with Gasteiger partial charge in [0.1, 0.15) is 0 Å². The Morgan fingerprint density at radius 2 is 0.889 bits per heavy atom. The van der Waals surface area contributed by atoms with Crippen LogP contribution in [0.4, 0.5) is 0 Å². The minimum atomic E-state index is 0.0884. The average Bonchev–Trinajstić information content (AvgIpc) is 3.24. The maximum Gasteiger partial charge on any atom is 0.165 e. The molecule has 0 aliphatic carbocycles. The largest absolute Gasteiger partial charge is 0.255 e. The highest BCUT2D eigenvalue weighted by Crippen LogP contribution is 2.34. The van der Waals surface area contributed by atoms with Crippen LogP contribution in [0.15, 0.2) is 170 Å². The molecule has 8 aromatic rings. The quantitative estimate of drug-likeness (QED) is 0.158. The number of nitrogens with zero attached hydrogens (tertiary/aromatic N) is 4. The molecular formula is C50H42N4. The molecule has 8 rings (SSSR count). The Labute approximate surface area is 318 Å². The zero-order chi connectivity index (χ0) is 37.1. The highest BCUT2D eigenvalue weighted by atomic mass is 15.0. The second-order valence-corrected chi connectivity index (χ2v) is 14.7. The molecule has 0 atom stereocenters. The van der Waals surface area contributed by atoms with Crippen molar-refractivity contribution in [2.45, 2.75) is 39.5 Å². The summed E-state index contributed by atoms with van der Waals surface area (Å²) in [4.78, 5) is 20.1. The van der Waals surface area contributed by atoms with E-state index < -0.39 is 0 Å². The van der Waals surface area contributed by atoms with Crippen LogP contribution in [0.3, 0.4) is 0 Å². The third-order valence-electron chi connectivity index (χ3n) is 9.96. The van der Waals surface area contributed by atoms with Crippen molar-refractivity contribution < 1.29 is 0 Å². The van der Waals surface area contributed by atoms with Crippen LogP contribution >= 0.6 is 0 Å². The van der Waals surface area contributed by atoms with Gasteiger partial charge in [0.15, 0.2) is 17.5 Å². The summed E-state index contributed by atoms with van der Waals surface area (Å²) in [6, 6.07) is 57.3. The number of benzene rings is 6. The molecule has 0 fully saturated rings. The van der Waals surface area contributed by atoms with E-state index in [0.717, 1.165) is 56.6 Å². The van der Waals surface area contributed by atoms with Crippen molar-refractivity contribution in [2.24, 2.45) is 0 Å². The van der Waals surface area contributed by atoms with Crippen molar-refractivity contribution in [1.82, 2.24) is 19.9 Å². The summed E-state index contributed by atoms with van der Waals surface area (Å²) in [5.74, 6) is 1.80. The van der Waals surface area contributed by atoms with Crippen molar-refractivity contribution >= 4 is 0 Å². The number of pyridine rings is 1. The van der Waals surface area contributed by atoms with Gasteiger partial charge in [0.05, 0.1) is 5.69 Å². The van der Waals surface area contributed by atoms with E-state index >= 15 is 0 Å². The molecule has 4 nitrogen and oxygen atoms in total. The normalized spacial score (nSPS) is 11.4. The lowest BCUT2D eigenvalue weighted by atomic mass is 9.83. The summed E-state index contributed by atoms with van der Waals surface area (Å²) < 4.78 is 0. The smallest absolute Gasteiger partial charge is 0.165 e. The zero-order valence-electron chi connectivity index (χ0n) is 31.2. The van der Waals surface area contributed by atoms with Crippen LogP contribution in [0.2, 0.25) is 0 Å². The lowest BCUT2D eigenvalue weighted by Gasteiger charge is -2.21. The summed E-state index contributed by atoms with van der Waals surface area (Å²) in [5.41, 5.74) is 14.4. The molecule has 54 heavy (non-hydrogen) atoms. The maximum atomic E-state index is 5.06. The van der Waals surface area contributed by atoms with Gasteiger partial charge in [-0.15, -0.1) is 0 Å². The van der Waals surface area contributed by atoms with Crippen LogP contribution in [0, 0.1) is 0 Å². The lowest BCUT2D eigenvalue weighted by molar-refractivity contribution is 0.590. The Bertz CT molecular complexity index is 2430. The van der Waals surface area contributed by atoms with Gasteiger partial charge in [0, 0.05) is 28.5 Å². The molecule has 0 N–H and O–H groups in total.